The molecule has 0 bridgehead atoms. The maximum Gasteiger partial charge on any atom is 0.330 e. The molecule has 164 valence electrons. The van der Waals surface area contributed by atoms with Gasteiger partial charge in [0.2, 0.25) is 0 Å². The van der Waals surface area contributed by atoms with E-state index in [0.717, 1.165) is 4.90 Å². The number of ether oxygens (including phenoxy) is 1. The minimum Gasteiger partial charge on any atom is -0.453 e. The van der Waals surface area contributed by atoms with Crippen LogP contribution in [-0.2, 0) is 9.53 Å². The Morgan fingerprint density at radius 3 is 2.19 bits per heavy atom. The van der Waals surface area contributed by atoms with Crippen molar-refractivity contribution >= 4 is 28.7 Å². The number of fused-ring (bicyclic) bond motifs is 2. The van der Waals surface area contributed by atoms with Crippen molar-refractivity contribution in [2.45, 2.75) is 39.3 Å². The molecule has 0 fully saturated rings. The molecule has 1 aliphatic heterocycles. The molecule has 2 heterocycles. The van der Waals surface area contributed by atoms with Gasteiger partial charge in [-0.1, -0.05) is 38.1 Å². The van der Waals surface area contributed by atoms with Crippen molar-refractivity contribution in [2.75, 3.05) is 0 Å². The molecule has 2 amide bonds. The molecule has 1 aliphatic rings. The number of H-pyrrole nitrogens is 1. The lowest BCUT2D eigenvalue weighted by Crippen LogP contribution is -2.46. The Bertz CT molecular complexity index is 1240. The molecular formula is C24H23N3O5. The molecule has 0 radical (unpaired) electrons. The second-order valence-electron chi connectivity index (χ2n) is 8.22. The Morgan fingerprint density at radius 2 is 1.56 bits per heavy atom. The summed E-state index contributed by atoms with van der Waals surface area (Å²) in [5, 5.41) is 0.429. The number of para-hydroxylation sites is 1. The molecule has 0 saturated heterocycles. The first-order valence-corrected chi connectivity index (χ1v) is 10.4. The average Bonchev–Trinajstić information content (AvgIpc) is 3.02. The SMILES string of the molecule is CC(C)CC(C(=O)OC(C)c1nc2ccccc2c(=O)[nH]1)N1C(=O)c2ccccc2C1=O. The van der Waals surface area contributed by atoms with Crippen LogP contribution in [0.2, 0.25) is 0 Å². The van der Waals surface area contributed by atoms with Crippen LogP contribution in [0.3, 0.4) is 0 Å². The smallest absolute Gasteiger partial charge is 0.330 e. The molecule has 32 heavy (non-hydrogen) atoms. The maximum atomic E-state index is 13.2. The van der Waals surface area contributed by atoms with Crippen molar-refractivity contribution in [3.8, 4) is 0 Å². The Morgan fingerprint density at radius 1 is 0.969 bits per heavy atom. The van der Waals surface area contributed by atoms with E-state index >= 15 is 0 Å². The summed E-state index contributed by atoms with van der Waals surface area (Å²) in [4.78, 5) is 59.4. The number of aromatic amines is 1. The van der Waals surface area contributed by atoms with Gasteiger partial charge in [0.15, 0.2) is 11.9 Å². The van der Waals surface area contributed by atoms with Gasteiger partial charge in [-0.2, -0.15) is 0 Å². The van der Waals surface area contributed by atoms with E-state index in [4.69, 9.17) is 4.74 Å². The van der Waals surface area contributed by atoms with E-state index in [1.165, 1.54) is 0 Å². The molecule has 3 aromatic rings. The number of imide groups is 1. The number of nitrogens with zero attached hydrogens (tertiary/aromatic N) is 2. The Kier molecular flexibility index (Phi) is 5.61. The lowest BCUT2D eigenvalue weighted by atomic mass is 10.0. The van der Waals surface area contributed by atoms with Crippen LogP contribution >= 0.6 is 0 Å². The number of nitrogens with one attached hydrogen (secondary N) is 1. The number of benzene rings is 2. The number of hydrogen-bond donors (Lipinski definition) is 1. The maximum absolute atomic E-state index is 13.2. The monoisotopic (exact) mass is 433 g/mol. The van der Waals surface area contributed by atoms with Crippen LogP contribution in [0.4, 0.5) is 0 Å². The molecule has 8 heteroatoms. The highest BCUT2D eigenvalue weighted by molar-refractivity contribution is 6.22. The number of carbonyl (C=O) groups is 3. The van der Waals surface area contributed by atoms with E-state index in [-0.39, 0.29) is 34.8 Å². The number of hydrogen-bond acceptors (Lipinski definition) is 6. The molecule has 1 aromatic heterocycles. The summed E-state index contributed by atoms with van der Waals surface area (Å²) in [6.45, 7) is 5.37. The van der Waals surface area contributed by atoms with Gasteiger partial charge in [-0.05, 0) is 43.5 Å². The molecule has 1 N–H and O–H groups in total. The summed E-state index contributed by atoms with van der Waals surface area (Å²) >= 11 is 0. The van der Waals surface area contributed by atoms with Gasteiger partial charge in [0.1, 0.15) is 6.04 Å². The van der Waals surface area contributed by atoms with E-state index in [9.17, 15) is 19.2 Å². The van der Waals surface area contributed by atoms with E-state index < -0.39 is 29.9 Å². The fraction of sp³-hybridized carbons (Fsp3) is 0.292. The molecule has 2 unspecified atom stereocenters. The normalized spacial score (nSPS) is 15.2. The number of rotatable bonds is 6. The molecule has 8 nitrogen and oxygen atoms in total. The van der Waals surface area contributed by atoms with Crippen molar-refractivity contribution in [3.63, 3.8) is 0 Å². The standard InChI is InChI=1S/C24H23N3O5/c1-13(2)12-19(27-22(29)15-8-4-5-9-16(15)23(27)30)24(31)32-14(3)20-25-18-11-7-6-10-17(18)21(28)26-20/h4-11,13-14,19H,12H2,1-3H3,(H,25,26,28). The highest BCUT2D eigenvalue weighted by Gasteiger charge is 2.43. The van der Waals surface area contributed by atoms with Gasteiger partial charge in [0.25, 0.3) is 17.4 Å². The van der Waals surface area contributed by atoms with E-state index in [2.05, 4.69) is 9.97 Å². The summed E-state index contributed by atoms with van der Waals surface area (Å²) in [5.41, 5.74) is 0.682. The second-order valence-corrected chi connectivity index (χ2v) is 8.22. The molecule has 4 rings (SSSR count). The van der Waals surface area contributed by atoms with Gasteiger partial charge in [-0.15, -0.1) is 0 Å². The van der Waals surface area contributed by atoms with Crippen LogP contribution < -0.4 is 5.56 Å². The van der Waals surface area contributed by atoms with Crippen LogP contribution in [-0.4, -0.2) is 38.7 Å². The van der Waals surface area contributed by atoms with Crippen LogP contribution in [0, 0.1) is 5.92 Å². The minimum absolute atomic E-state index is 0.0192. The van der Waals surface area contributed by atoms with Gasteiger partial charge >= 0.3 is 5.97 Å². The van der Waals surface area contributed by atoms with E-state index in [1.54, 1.807) is 55.5 Å². The number of aromatic nitrogens is 2. The predicted octanol–water partition coefficient (Wildman–Crippen LogP) is 3.24. The van der Waals surface area contributed by atoms with Gasteiger partial charge in [0, 0.05) is 0 Å². The van der Waals surface area contributed by atoms with Gasteiger partial charge < -0.3 is 9.72 Å². The largest absolute Gasteiger partial charge is 0.453 e. The van der Waals surface area contributed by atoms with Crippen LogP contribution in [0.25, 0.3) is 10.9 Å². The molecule has 2 atom stereocenters. The van der Waals surface area contributed by atoms with Crippen molar-refractivity contribution in [1.82, 2.24) is 14.9 Å². The highest BCUT2D eigenvalue weighted by atomic mass is 16.5. The zero-order chi connectivity index (χ0) is 23.0. The van der Waals surface area contributed by atoms with Crippen LogP contribution in [0.15, 0.2) is 53.3 Å². The van der Waals surface area contributed by atoms with Crippen molar-refractivity contribution in [1.29, 1.82) is 0 Å². The first-order valence-electron chi connectivity index (χ1n) is 10.4. The lowest BCUT2D eigenvalue weighted by molar-refractivity contribution is -0.154. The van der Waals surface area contributed by atoms with Crippen LogP contribution in [0.1, 0.15) is 59.8 Å². The van der Waals surface area contributed by atoms with Gasteiger partial charge in [-0.25, -0.2) is 9.78 Å². The topological polar surface area (TPSA) is 109 Å². The predicted molar refractivity (Wildman–Crippen MR) is 117 cm³/mol. The number of carbonyl (C=O) groups excluding carboxylic acids is 3. The molecule has 2 aromatic carbocycles. The quantitative estimate of drug-likeness (QED) is 0.472. The van der Waals surface area contributed by atoms with Crippen molar-refractivity contribution in [2.24, 2.45) is 5.92 Å². The summed E-state index contributed by atoms with van der Waals surface area (Å²) in [5.74, 6) is -1.55. The Hall–Kier alpha value is -3.81. The fourth-order valence-corrected chi connectivity index (χ4v) is 3.85. The van der Waals surface area contributed by atoms with Gasteiger partial charge in [0.05, 0.1) is 22.0 Å². The molecular weight excluding hydrogens is 410 g/mol. The fourth-order valence-electron chi connectivity index (χ4n) is 3.85. The number of esters is 1. The second kappa shape index (κ2) is 8.37. The summed E-state index contributed by atoms with van der Waals surface area (Å²) in [7, 11) is 0. The first kappa shape index (κ1) is 21.4. The Balaban J connectivity index is 1.61. The van der Waals surface area contributed by atoms with Gasteiger partial charge in [-0.3, -0.25) is 19.3 Å². The summed E-state index contributed by atoms with van der Waals surface area (Å²) in [6, 6.07) is 12.2. The van der Waals surface area contributed by atoms with Crippen LogP contribution in [0.5, 0.6) is 0 Å². The minimum atomic E-state index is -1.09. The summed E-state index contributed by atoms with van der Waals surface area (Å²) < 4.78 is 5.59. The molecule has 0 aliphatic carbocycles. The summed E-state index contributed by atoms with van der Waals surface area (Å²) in [6.07, 6.45) is -0.636. The molecule has 0 saturated carbocycles. The highest BCUT2D eigenvalue weighted by Crippen LogP contribution is 2.28. The third-order valence-electron chi connectivity index (χ3n) is 5.41. The zero-order valence-corrected chi connectivity index (χ0v) is 18.0. The van der Waals surface area contributed by atoms with E-state index in [0.29, 0.717) is 10.9 Å². The van der Waals surface area contributed by atoms with E-state index in [1.807, 2.05) is 13.8 Å². The third-order valence-corrected chi connectivity index (χ3v) is 5.41. The number of amides is 2. The van der Waals surface area contributed by atoms with Crippen molar-refractivity contribution < 1.29 is 19.1 Å². The average molecular weight is 433 g/mol. The first-order chi connectivity index (χ1) is 15.3. The lowest BCUT2D eigenvalue weighted by Gasteiger charge is -2.27. The van der Waals surface area contributed by atoms with Crippen molar-refractivity contribution in [3.05, 3.63) is 75.8 Å². The molecule has 0 spiro atoms. The Labute approximate surface area is 184 Å². The third kappa shape index (κ3) is 3.79. The zero-order valence-electron chi connectivity index (χ0n) is 18.0.